The molecule has 0 spiro atoms. The summed E-state index contributed by atoms with van der Waals surface area (Å²) < 4.78 is 7.38. The van der Waals surface area contributed by atoms with Crippen LogP contribution in [-0.4, -0.2) is 33.3 Å². The number of ether oxygens (including phenoxy) is 1. The van der Waals surface area contributed by atoms with Crippen molar-refractivity contribution in [2.75, 3.05) is 13.2 Å². The maximum atomic E-state index is 8.79. The average molecular weight is 274 g/mol. The van der Waals surface area contributed by atoms with Gasteiger partial charge in [0.2, 0.25) is 0 Å². The number of fused-ring (bicyclic) bond motifs is 1. The first-order chi connectivity index (χ1) is 9.86. The molecule has 2 N–H and O–H groups in total. The lowest BCUT2D eigenvalue weighted by Gasteiger charge is -2.09. The van der Waals surface area contributed by atoms with Gasteiger partial charge in [0.15, 0.2) is 0 Å². The van der Waals surface area contributed by atoms with Gasteiger partial charge < -0.3 is 15.2 Å². The van der Waals surface area contributed by atoms with E-state index in [1.165, 1.54) is 5.56 Å². The number of benzene rings is 1. The molecular formula is C14H18N4O2. The number of para-hydroxylation sites is 1. The Bertz CT molecular complexity index is 570. The summed E-state index contributed by atoms with van der Waals surface area (Å²) in [7, 11) is 0. The van der Waals surface area contributed by atoms with Crippen LogP contribution >= 0.6 is 0 Å². The van der Waals surface area contributed by atoms with Gasteiger partial charge in [0.05, 0.1) is 11.7 Å². The third kappa shape index (κ3) is 2.81. The van der Waals surface area contributed by atoms with E-state index in [1.54, 1.807) is 4.68 Å². The first kappa shape index (κ1) is 13.1. The highest BCUT2D eigenvalue weighted by molar-refractivity contribution is 5.39. The van der Waals surface area contributed by atoms with Gasteiger partial charge in [-0.05, 0) is 12.5 Å². The van der Waals surface area contributed by atoms with Gasteiger partial charge in [0, 0.05) is 31.5 Å². The van der Waals surface area contributed by atoms with Gasteiger partial charge in [0.1, 0.15) is 12.4 Å². The molecule has 1 unspecified atom stereocenters. The average Bonchev–Trinajstić information content (AvgIpc) is 3.10. The van der Waals surface area contributed by atoms with E-state index in [9.17, 15) is 0 Å². The van der Waals surface area contributed by atoms with Crippen LogP contribution in [0.4, 0.5) is 0 Å². The van der Waals surface area contributed by atoms with E-state index in [2.05, 4.69) is 21.7 Å². The first-order valence-electron chi connectivity index (χ1n) is 6.82. The highest BCUT2D eigenvalue weighted by Crippen LogP contribution is 2.31. The van der Waals surface area contributed by atoms with E-state index in [1.807, 2.05) is 24.4 Å². The molecule has 1 atom stereocenters. The lowest BCUT2D eigenvalue weighted by Crippen LogP contribution is -2.22. The van der Waals surface area contributed by atoms with E-state index in [0.717, 1.165) is 11.4 Å². The molecule has 0 radical (unpaired) electrons. The van der Waals surface area contributed by atoms with Crippen molar-refractivity contribution in [1.29, 1.82) is 0 Å². The standard InChI is InChI=1S/C14H18N4O2/c19-7-3-6-18-9-11(16-17-18)8-15-13-10-20-14-5-2-1-4-12(13)14/h1-2,4-5,9,13,15,19H,3,6-8,10H2. The summed E-state index contributed by atoms with van der Waals surface area (Å²) in [6, 6.07) is 8.27. The molecule has 6 nitrogen and oxygen atoms in total. The smallest absolute Gasteiger partial charge is 0.124 e. The molecule has 1 aromatic heterocycles. The molecule has 0 saturated heterocycles. The number of rotatable bonds is 6. The van der Waals surface area contributed by atoms with Crippen molar-refractivity contribution in [3.05, 3.63) is 41.7 Å². The van der Waals surface area contributed by atoms with Crippen molar-refractivity contribution in [2.45, 2.75) is 25.6 Å². The maximum absolute atomic E-state index is 8.79. The fraction of sp³-hybridized carbons (Fsp3) is 0.429. The van der Waals surface area contributed by atoms with Crippen LogP contribution in [0.1, 0.15) is 23.7 Å². The van der Waals surface area contributed by atoms with Crippen molar-refractivity contribution in [3.63, 3.8) is 0 Å². The normalized spacial score (nSPS) is 16.9. The second kappa shape index (κ2) is 6.02. The first-order valence-corrected chi connectivity index (χ1v) is 6.82. The van der Waals surface area contributed by atoms with Crippen molar-refractivity contribution in [1.82, 2.24) is 20.3 Å². The lowest BCUT2D eigenvalue weighted by molar-refractivity contribution is 0.276. The van der Waals surface area contributed by atoms with E-state index >= 15 is 0 Å². The van der Waals surface area contributed by atoms with Crippen LogP contribution < -0.4 is 10.1 Å². The van der Waals surface area contributed by atoms with Crippen molar-refractivity contribution < 1.29 is 9.84 Å². The summed E-state index contributed by atoms with van der Waals surface area (Å²) in [5.41, 5.74) is 2.09. The molecule has 0 fully saturated rings. The van der Waals surface area contributed by atoms with E-state index < -0.39 is 0 Å². The van der Waals surface area contributed by atoms with Gasteiger partial charge in [-0.25, -0.2) is 0 Å². The summed E-state index contributed by atoms with van der Waals surface area (Å²) in [6.45, 7) is 2.17. The van der Waals surface area contributed by atoms with Gasteiger partial charge in [-0.3, -0.25) is 4.68 Å². The minimum absolute atomic E-state index is 0.170. The number of hydrogen-bond acceptors (Lipinski definition) is 5. The van der Waals surface area contributed by atoms with Crippen LogP contribution in [0.5, 0.6) is 5.75 Å². The predicted molar refractivity (Wildman–Crippen MR) is 73.2 cm³/mol. The van der Waals surface area contributed by atoms with Gasteiger partial charge in [-0.1, -0.05) is 23.4 Å². The molecular weight excluding hydrogens is 256 g/mol. The van der Waals surface area contributed by atoms with Gasteiger partial charge in [-0.2, -0.15) is 0 Å². The molecule has 3 rings (SSSR count). The highest BCUT2D eigenvalue weighted by Gasteiger charge is 2.23. The quantitative estimate of drug-likeness (QED) is 0.818. The molecule has 20 heavy (non-hydrogen) atoms. The molecule has 0 aliphatic carbocycles. The summed E-state index contributed by atoms with van der Waals surface area (Å²) in [4.78, 5) is 0. The van der Waals surface area contributed by atoms with Crippen molar-refractivity contribution >= 4 is 0 Å². The molecule has 1 aliphatic rings. The molecule has 6 heteroatoms. The summed E-state index contributed by atoms with van der Waals surface area (Å²) in [5, 5.41) is 20.4. The third-order valence-electron chi connectivity index (χ3n) is 3.36. The summed E-state index contributed by atoms with van der Waals surface area (Å²) in [5.74, 6) is 0.955. The lowest BCUT2D eigenvalue weighted by atomic mass is 10.1. The topological polar surface area (TPSA) is 72.2 Å². The SMILES string of the molecule is OCCCn1cc(CNC2COc3ccccc32)nn1. The van der Waals surface area contributed by atoms with Crippen LogP contribution in [0.2, 0.25) is 0 Å². The van der Waals surface area contributed by atoms with Crippen LogP contribution in [0.3, 0.4) is 0 Å². The Morgan fingerprint density at radius 2 is 2.30 bits per heavy atom. The molecule has 0 amide bonds. The van der Waals surface area contributed by atoms with Crippen LogP contribution in [0, 0.1) is 0 Å². The zero-order valence-electron chi connectivity index (χ0n) is 11.2. The number of aromatic nitrogens is 3. The number of aliphatic hydroxyl groups excluding tert-OH is 1. The van der Waals surface area contributed by atoms with Crippen molar-refractivity contribution in [2.24, 2.45) is 0 Å². The zero-order chi connectivity index (χ0) is 13.8. The minimum Gasteiger partial charge on any atom is -0.491 e. The molecule has 1 aliphatic heterocycles. The second-order valence-corrected chi connectivity index (χ2v) is 4.83. The minimum atomic E-state index is 0.170. The second-order valence-electron chi connectivity index (χ2n) is 4.83. The highest BCUT2D eigenvalue weighted by atomic mass is 16.5. The summed E-state index contributed by atoms with van der Waals surface area (Å²) >= 11 is 0. The van der Waals surface area contributed by atoms with Crippen LogP contribution in [0.25, 0.3) is 0 Å². The fourth-order valence-electron chi connectivity index (χ4n) is 2.32. The largest absolute Gasteiger partial charge is 0.491 e. The fourth-order valence-corrected chi connectivity index (χ4v) is 2.32. The number of aryl methyl sites for hydroxylation is 1. The Labute approximate surface area is 117 Å². The Kier molecular flexibility index (Phi) is 3.94. The van der Waals surface area contributed by atoms with Gasteiger partial charge >= 0.3 is 0 Å². The molecule has 2 aromatic rings. The molecule has 106 valence electrons. The van der Waals surface area contributed by atoms with E-state index in [4.69, 9.17) is 9.84 Å². The van der Waals surface area contributed by atoms with E-state index in [-0.39, 0.29) is 12.6 Å². The monoisotopic (exact) mass is 274 g/mol. The van der Waals surface area contributed by atoms with Crippen molar-refractivity contribution in [3.8, 4) is 5.75 Å². The maximum Gasteiger partial charge on any atom is 0.124 e. The molecule has 2 heterocycles. The number of aliphatic hydroxyl groups is 1. The predicted octanol–water partition coefficient (Wildman–Crippen LogP) is 0.884. The van der Waals surface area contributed by atoms with Crippen LogP contribution in [0.15, 0.2) is 30.5 Å². The zero-order valence-corrected chi connectivity index (χ0v) is 11.2. The van der Waals surface area contributed by atoms with E-state index in [0.29, 0.717) is 26.1 Å². The Hall–Kier alpha value is -1.92. The molecule has 0 bridgehead atoms. The summed E-state index contributed by atoms with van der Waals surface area (Å²) in [6.07, 6.45) is 2.60. The molecule has 1 aromatic carbocycles. The number of nitrogens with zero attached hydrogens (tertiary/aromatic N) is 3. The van der Waals surface area contributed by atoms with Crippen LogP contribution in [-0.2, 0) is 13.1 Å². The Morgan fingerprint density at radius 3 is 3.20 bits per heavy atom. The Balaban J connectivity index is 1.56. The number of nitrogens with one attached hydrogen (secondary N) is 1. The number of hydrogen-bond donors (Lipinski definition) is 2. The molecule has 0 saturated carbocycles. The Morgan fingerprint density at radius 1 is 1.40 bits per heavy atom. The van der Waals surface area contributed by atoms with Gasteiger partial charge in [-0.15, -0.1) is 5.10 Å². The third-order valence-corrected chi connectivity index (χ3v) is 3.36. The van der Waals surface area contributed by atoms with Gasteiger partial charge in [0.25, 0.3) is 0 Å².